The van der Waals surface area contributed by atoms with Crippen molar-refractivity contribution in [1.29, 1.82) is 0 Å². The summed E-state index contributed by atoms with van der Waals surface area (Å²) >= 11 is 1.55. The highest BCUT2D eigenvalue weighted by Crippen LogP contribution is 2.23. The van der Waals surface area contributed by atoms with Crippen LogP contribution in [0.25, 0.3) is 0 Å². The summed E-state index contributed by atoms with van der Waals surface area (Å²) in [7, 11) is 0. The fourth-order valence-corrected chi connectivity index (χ4v) is 3.14. The molecule has 1 aromatic heterocycles. The molecule has 0 saturated carbocycles. The minimum absolute atomic E-state index is 0. The van der Waals surface area contributed by atoms with Crippen LogP contribution >= 0.6 is 35.3 Å². The molecule has 0 aliphatic heterocycles. The monoisotopic (exact) mass is 540 g/mol. The van der Waals surface area contributed by atoms with E-state index in [1.54, 1.807) is 18.3 Å². The Kier molecular flexibility index (Phi) is 12.1. The molecular weight excluding hydrogens is 503 g/mol. The van der Waals surface area contributed by atoms with Gasteiger partial charge in [0.25, 0.3) is 0 Å². The third-order valence-corrected chi connectivity index (χ3v) is 4.71. The number of aliphatic imine (C=N–C) groups is 1. The number of guanidine groups is 1. The molecule has 0 spiro atoms. The number of thiophene rings is 1. The van der Waals surface area contributed by atoms with Crippen molar-refractivity contribution in [2.75, 3.05) is 19.6 Å². The van der Waals surface area contributed by atoms with Crippen molar-refractivity contribution < 1.29 is 14.6 Å². The molecule has 0 aliphatic rings. The molecule has 0 radical (unpaired) electrons. The molecule has 1 heterocycles. The molecule has 29 heavy (non-hydrogen) atoms. The van der Waals surface area contributed by atoms with Gasteiger partial charge in [0.05, 0.1) is 12.6 Å². The van der Waals surface area contributed by atoms with Crippen LogP contribution in [0.2, 0.25) is 0 Å². The Morgan fingerprint density at radius 2 is 1.93 bits per heavy atom. The van der Waals surface area contributed by atoms with Gasteiger partial charge < -0.3 is 25.8 Å². The number of carbonyl (C=O) groups is 1. The van der Waals surface area contributed by atoms with Crippen LogP contribution < -0.4 is 16.0 Å². The van der Waals surface area contributed by atoms with Crippen LogP contribution in [0.1, 0.15) is 54.0 Å². The van der Waals surface area contributed by atoms with Crippen LogP contribution in [0, 0.1) is 5.92 Å². The fourth-order valence-electron chi connectivity index (χ4n) is 2.36. The molecule has 2 atom stereocenters. The predicted molar refractivity (Wildman–Crippen MR) is 131 cm³/mol. The maximum Gasteiger partial charge on any atom is 0.407 e. The number of nitrogens with zero attached hydrogens (tertiary/aromatic N) is 1. The third-order valence-electron chi connectivity index (χ3n) is 4.03. The summed E-state index contributed by atoms with van der Waals surface area (Å²) in [6, 6.07) is 1.77. The zero-order valence-electron chi connectivity index (χ0n) is 18.5. The van der Waals surface area contributed by atoms with E-state index < -0.39 is 17.3 Å². The minimum Gasteiger partial charge on any atom is -0.444 e. The number of amides is 1. The molecule has 7 nitrogen and oxygen atoms in total. The van der Waals surface area contributed by atoms with Gasteiger partial charge in [0.15, 0.2) is 5.96 Å². The first kappa shape index (κ1) is 27.9. The molecule has 4 N–H and O–H groups in total. The Morgan fingerprint density at radius 3 is 2.41 bits per heavy atom. The summed E-state index contributed by atoms with van der Waals surface area (Å²) in [6.07, 6.45) is -0.435. The maximum atomic E-state index is 12.1. The van der Waals surface area contributed by atoms with Gasteiger partial charge in [-0.3, -0.25) is 0 Å². The summed E-state index contributed by atoms with van der Waals surface area (Å²) in [6.45, 7) is 14.7. The molecule has 168 valence electrons. The lowest BCUT2D eigenvalue weighted by molar-refractivity contribution is 0.0491. The van der Waals surface area contributed by atoms with Gasteiger partial charge in [-0.15, -0.1) is 24.0 Å². The number of rotatable bonds is 8. The maximum absolute atomic E-state index is 12.1. The van der Waals surface area contributed by atoms with Crippen molar-refractivity contribution in [2.45, 2.75) is 65.7 Å². The second kappa shape index (κ2) is 12.6. The van der Waals surface area contributed by atoms with E-state index in [1.165, 1.54) is 0 Å². The summed E-state index contributed by atoms with van der Waals surface area (Å²) in [5.74, 6) is 0.798. The third kappa shape index (κ3) is 11.0. The molecule has 1 aromatic rings. The molecular formula is C20H37IN4O3S. The SMILES string of the molecule is CCNC(=NCC(C)(O)c1ccsc1)NCC(NC(=O)OC(C)(C)C)C(C)C.I. The zero-order valence-corrected chi connectivity index (χ0v) is 21.7. The number of hydrogen-bond acceptors (Lipinski definition) is 5. The van der Waals surface area contributed by atoms with Crippen molar-refractivity contribution in [2.24, 2.45) is 10.9 Å². The van der Waals surface area contributed by atoms with Crippen LogP contribution in [0.15, 0.2) is 21.8 Å². The largest absolute Gasteiger partial charge is 0.444 e. The van der Waals surface area contributed by atoms with Gasteiger partial charge in [0.1, 0.15) is 11.2 Å². The van der Waals surface area contributed by atoms with Crippen molar-refractivity contribution in [3.63, 3.8) is 0 Å². The van der Waals surface area contributed by atoms with E-state index in [4.69, 9.17) is 4.74 Å². The summed E-state index contributed by atoms with van der Waals surface area (Å²) in [4.78, 5) is 16.6. The average Bonchev–Trinajstić information content (AvgIpc) is 3.09. The number of halogens is 1. The van der Waals surface area contributed by atoms with Crippen LogP contribution in [-0.2, 0) is 10.3 Å². The second-order valence-electron chi connectivity index (χ2n) is 8.36. The van der Waals surface area contributed by atoms with E-state index in [1.807, 2.05) is 58.4 Å². The van der Waals surface area contributed by atoms with Gasteiger partial charge in [0, 0.05) is 13.1 Å². The summed E-state index contributed by atoms with van der Waals surface area (Å²) in [5, 5.41) is 23.8. The van der Waals surface area contributed by atoms with E-state index in [0.29, 0.717) is 19.0 Å². The number of alkyl carbamates (subject to hydrolysis) is 1. The molecule has 0 aromatic carbocycles. The topological polar surface area (TPSA) is 95.0 Å². The van der Waals surface area contributed by atoms with Crippen molar-refractivity contribution >= 4 is 47.4 Å². The fraction of sp³-hybridized carbons (Fsp3) is 0.700. The first-order chi connectivity index (χ1) is 12.9. The quantitative estimate of drug-likeness (QED) is 0.229. The Morgan fingerprint density at radius 1 is 1.28 bits per heavy atom. The number of hydrogen-bond donors (Lipinski definition) is 4. The molecule has 0 fully saturated rings. The lowest BCUT2D eigenvalue weighted by Gasteiger charge is -2.27. The first-order valence-electron chi connectivity index (χ1n) is 9.71. The van der Waals surface area contributed by atoms with Gasteiger partial charge in [-0.05, 0) is 62.9 Å². The molecule has 1 rings (SSSR count). The lowest BCUT2D eigenvalue weighted by Crippen LogP contribution is -2.50. The van der Waals surface area contributed by atoms with Crippen LogP contribution in [0.5, 0.6) is 0 Å². The van der Waals surface area contributed by atoms with E-state index in [-0.39, 0.29) is 42.5 Å². The Bertz CT molecular complexity index is 628. The van der Waals surface area contributed by atoms with E-state index in [2.05, 4.69) is 20.9 Å². The summed E-state index contributed by atoms with van der Waals surface area (Å²) < 4.78 is 5.35. The molecule has 0 saturated heterocycles. The molecule has 0 bridgehead atoms. The van der Waals surface area contributed by atoms with Crippen molar-refractivity contribution in [3.8, 4) is 0 Å². The highest BCUT2D eigenvalue weighted by Gasteiger charge is 2.24. The van der Waals surface area contributed by atoms with Gasteiger partial charge in [-0.1, -0.05) is 13.8 Å². The minimum atomic E-state index is -1.03. The lowest BCUT2D eigenvalue weighted by atomic mass is 10.00. The van der Waals surface area contributed by atoms with E-state index in [0.717, 1.165) is 5.56 Å². The zero-order chi connectivity index (χ0) is 21.4. The first-order valence-corrected chi connectivity index (χ1v) is 10.7. The smallest absolute Gasteiger partial charge is 0.407 e. The van der Waals surface area contributed by atoms with Crippen molar-refractivity contribution in [1.82, 2.24) is 16.0 Å². The number of nitrogens with one attached hydrogen (secondary N) is 3. The number of aliphatic hydroxyl groups is 1. The van der Waals surface area contributed by atoms with E-state index >= 15 is 0 Å². The van der Waals surface area contributed by atoms with Crippen molar-refractivity contribution in [3.05, 3.63) is 22.4 Å². The Labute approximate surface area is 196 Å². The van der Waals surface area contributed by atoms with Gasteiger partial charge in [-0.25, -0.2) is 9.79 Å². The number of ether oxygens (including phenoxy) is 1. The molecule has 9 heteroatoms. The molecule has 1 amide bonds. The Hall–Kier alpha value is -1.07. The highest BCUT2D eigenvalue weighted by atomic mass is 127. The van der Waals surface area contributed by atoms with Gasteiger partial charge >= 0.3 is 6.09 Å². The molecule has 2 unspecified atom stereocenters. The molecule has 0 aliphatic carbocycles. The van der Waals surface area contributed by atoms with E-state index in [9.17, 15) is 9.90 Å². The van der Waals surface area contributed by atoms with Gasteiger partial charge in [-0.2, -0.15) is 11.3 Å². The average molecular weight is 541 g/mol. The Balaban J connectivity index is 0.00000784. The van der Waals surface area contributed by atoms with Crippen LogP contribution in [-0.4, -0.2) is 48.4 Å². The van der Waals surface area contributed by atoms with Crippen LogP contribution in [0.3, 0.4) is 0 Å². The summed E-state index contributed by atoms with van der Waals surface area (Å²) in [5.41, 5.74) is -0.722. The van der Waals surface area contributed by atoms with Gasteiger partial charge in [0.2, 0.25) is 0 Å². The van der Waals surface area contributed by atoms with Crippen LogP contribution in [0.4, 0.5) is 4.79 Å². The standard InChI is InChI=1S/C20H36N4O3S.HI/c1-8-21-17(23-13-20(7,26)15-9-10-28-12-15)22-11-16(14(2)3)24-18(25)27-19(4,5)6;/h9-10,12,14,16,26H,8,11,13H2,1-7H3,(H,24,25)(H2,21,22,23);1H. The highest BCUT2D eigenvalue weighted by molar-refractivity contribution is 14.0. The second-order valence-corrected chi connectivity index (χ2v) is 9.14. The predicted octanol–water partition coefficient (Wildman–Crippen LogP) is 3.68. The normalized spacial score (nSPS) is 15.1. The number of carbonyl (C=O) groups excluding carboxylic acids is 1.